The lowest BCUT2D eigenvalue weighted by molar-refractivity contribution is 0.198. The molecule has 0 saturated heterocycles. The van der Waals surface area contributed by atoms with Gasteiger partial charge >= 0.3 is 0 Å². The van der Waals surface area contributed by atoms with Gasteiger partial charge in [-0.15, -0.1) is 0 Å². The van der Waals surface area contributed by atoms with Crippen LogP contribution in [0.4, 0.5) is 5.69 Å². The average Bonchev–Trinajstić information content (AvgIpc) is 2.34. The zero-order valence-electron chi connectivity index (χ0n) is 10.2. The van der Waals surface area contributed by atoms with Gasteiger partial charge in [0.15, 0.2) is 0 Å². The third-order valence-corrected chi connectivity index (χ3v) is 2.55. The van der Waals surface area contributed by atoms with Crippen molar-refractivity contribution in [2.75, 3.05) is 32.7 Å². The minimum atomic E-state index is 0.377. The Morgan fingerprint density at radius 3 is 2.76 bits per heavy atom. The van der Waals surface area contributed by atoms with Gasteiger partial charge in [0.2, 0.25) is 0 Å². The Hall–Kier alpha value is -1.33. The van der Waals surface area contributed by atoms with Crippen molar-refractivity contribution in [1.82, 2.24) is 0 Å². The Bertz CT molecular complexity index is 383. The van der Waals surface area contributed by atoms with Crippen LogP contribution in [0.25, 0.3) is 0 Å². The van der Waals surface area contributed by atoms with E-state index in [1.807, 2.05) is 18.2 Å². The summed E-state index contributed by atoms with van der Waals surface area (Å²) in [6.07, 6.45) is 0.921. The maximum absolute atomic E-state index is 5.66. The molecule has 0 amide bonds. The summed E-state index contributed by atoms with van der Waals surface area (Å²) in [5.41, 5.74) is 7.39. The molecule has 0 fully saturated rings. The lowest BCUT2D eigenvalue weighted by Gasteiger charge is -2.12. The molecule has 0 unspecified atom stereocenters. The van der Waals surface area contributed by atoms with Crippen LogP contribution in [0.3, 0.4) is 0 Å². The van der Waals surface area contributed by atoms with E-state index in [0.29, 0.717) is 4.99 Å². The van der Waals surface area contributed by atoms with E-state index in [1.165, 1.54) is 0 Å². The van der Waals surface area contributed by atoms with Gasteiger partial charge in [0.1, 0.15) is 10.7 Å². The molecule has 0 aromatic heterocycles. The third kappa shape index (κ3) is 4.20. The Morgan fingerprint density at radius 2 is 2.18 bits per heavy atom. The van der Waals surface area contributed by atoms with Gasteiger partial charge in [0, 0.05) is 37.6 Å². The zero-order chi connectivity index (χ0) is 12.7. The Labute approximate surface area is 107 Å². The minimum absolute atomic E-state index is 0.377. The minimum Gasteiger partial charge on any atom is -0.497 e. The Balaban J connectivity index is 2.75. The molecule has 94 valence electrons. The fraction of sp³-hybridized carbons (Fsp3) is 0.417. The van der Waals surface area contributed by atoms with Gasteiger partial charge in [-0.1, -0.05) is 12.2 Å². The number of hydrogen-bond donors (Lipinski definition) is 2. The highest BCUT2D eigenvalue weighted by atomic mass is 32.1. The van der Waals surface area contributed by atoms with E-state index in [-0.39, 0.29) is 0 Å². The van der Waals surface area contributed by atoms with Crippen LogP contribution >= 0.6 is 12.2 Å². The van der Waals surface area contributed by atoms with Crippen molar-refractivity contribution >= 4 is 22.9 Å². The zero-order valence-corrected chi connectivity index (χ0v) is 11.0. The molecular formula is C12H18N2O2S. The number of rotatable bonds is 7. The fourth-order valence-corrected chi connectivity index (χ4v) is 1.63. The van der Waals surface area contributed by atoms with Gasteiger partial charge < -0.3 is 20.5 Å². The highest BCUT2D eigenvalue weighted by molar-refractivity contribution is 7.80. The first kappa shape index (κ1) is 13.7. The summed E-state index contributed by atoms with van der Waals surface area (Å²) >= 11 is 5.00. The van der Waals surface area contributed by atoms with Crippen molar-refractivity contribution in [2.24, 2.45) is 5.73 Å². The molecule has 4 nitrogen and oxygen atoms in total. The van der Waals surface area contributed by atoms with Crippen molar-refractivity contribution in [3.05, 3.63) is 23.8 Å². The molecule has 0 aliphatic heterocycles. The first-order chi connectivity index (χ1) is 8.19. The van der Waals surface area contributed by atoms with Crippen molar-refractivity contribution < 1.29 is 9.47 Å². The molecule has 0 aliphatic rings. The van der Waals surface area contributed by atoms with Crippen LogP contribution in [0.5, 0.6) is 5.75 Å². The van der Waals surface area contributed by atoms with Crippen LogP contribution < -0.4 is 15.8 Å². The summed E-state index contributed by atoms with van der Waals surface area (Å²) in [7, 11) is 3.32. The monoisotopic (exact) mass is 254 g/mol. The standard InChI is InChI=1S/C12H18N2O2S/c1-15-7-3-6-14-11-8-9(16-2)4-5-10(11)12(13)17/h4-5,8,14H,3,6-7H2,1-2H3,(H2,13,17). The largest absolute Gasteiger partial charge is 0.497 e. The summed E-state index contributed by atoms with van der Waals surface area (Å²) in [6.45, 7) is 1.52. The summed E-state index contributed by atoms with van der Waals surface area (Å²) in [5, 5.41) is 3.28. The number of hydrogen-bond acceptors (Lipinski definition) is 4. The van der Waals surface area contributed by atoms with Gasteiger partial charge in [-0.05, 0) is 18.6 Å². The van der Waals surface area contributed by atoms with Crippen LogP contribution in [0, 0.1) is 0 Å². The van der Waals surface area contributed by atoms with E-state index in [1.54, 1.807) is 14.2 Å². The first-order valence-corrected chi connectivity index (χ1v) is 5.80. The number of methoxy groups -OCH3 is 2. The first-order valence-electron chi connectivity index (χ1n) is 5.39. The normalized spacial score (nSPS) is 10.0. The molecule has 0 heterocycles. The molecule has 0 spiro atoms. The highest BCUT2D eigenvalue weighted by Gasteiger charge is 2.06. The molecule has 0 radical (unpaired) electrons. The topological polar surface area (TPSA) is 56.5 Å². The molecule has 0 saturated carbocycles. The van der Waals surface area contributed by atoms with E-state index in [2.05, 4.69) is 5.32 Å². The van der Waals surface area contributed by atoms with Crippen LogP contribution in [-0.4, -0.2) is 32.4 Å². The van der Waals surface area contributed by atoms with Crippen LogP contribution in [0.15, 0.2) is 18.2 Å². The number of nitrogens with one attached hydrogen (secondary N) is 1. The molecule has 0 bridgehead atoms. The summed E-state index contributed by atoms with van der Waals surface area (Å²) in [6, 6.07) is 5.59. The van der Waals surface area contributed by atoms with Crippen molar-refractivity contribution in [3.8, 4) is 5.75 Å². The van der Waals surface area contributed by atoms with Gasteiger partial charge in [0.25, 0.3) is 0 Å². The second kappa shape index (κ2) is 7.09. The SMILES string of the molecule is COCCCNc1cc(OC)ccc1C(N)=S. The summed E-state index contributed by atoms with van der Waals surface area (Å²) in [4.78, 5) is 0.377. The second-order valence-electron chi connectivity index (χ2n) is 3.55. The molecular weight excluding hydrogens is 236 g/mol. The summed E-state index contributed by atoms with van der Waals surface area (Å²) < 4.78 is 10.2. The van der Waals surface area contributed by atoms with E-state index in [0.717, 1.165) is 36.6 Å². The predicted octanol–water partition coefficient (Wildman–Crippen LogP) is 1.78. The number of ether oxygens (including phenoxy) is 2. The molecule has 17 heavy (non-hydrogen) atoms. The maximum atomic E-state index is 5.66. The van der Waals surface area contributed by atoms with Crippen LogP contribution in [0.2, 0.25) is 0 Å². The van der Waals surface area contributed by atoms with Gasteiger partial charge in [-0.25, -0.2) is 0 Å². The average molecular weight is 254 g/mol. The molecule has 5 heteroatoms. The Morgan fingerprint density at radius 1 is 1.41 bits per heavy atom. The van der Waals surface area contributed by atoms with E-state index in [9.17, 15) is 0 Å². The van der Waals surface area contributed by atoms with E-state index >= 15 is 0 Å². The number of thiocarbonyl (C=S) groups is 1. The molecule has 1 rings (SSSR count). The van der Waals surface area contributed by atoms with Crippen molar-refractivity contribution in [3.63, 3.8) is 0 Å². The molecule has 0 atom stereocenters. The predicted molar refractivity (Wildman–Crippen MR) is 73.9 cm³/mol. The number of benzene rings is 1. The van der Waals surface area contributed by atoms with Crippen molar-refractivity contribution in [1.29, 1.82) is 0 Å². The molecule has 1 aromatic rings. The maximum Gasteiger partial charge on any atom is 0.120 e. The van der Waals surface area contributed by atoms with Gasteiger partial charge in [0.05, 0.1) is 7.11 Å². The third-order valence-electron chi connectivity index (χ3n) is 2.33. The van der Waals surface area contributed by atoms with Crippen molar-refractivity contribution in [2.45, 2.75) is 6.42 Å². The number of nitrogens with two attached hydrogens (primary N) is 1. The van der Waals surface area contributed by atoms with Crippen LogP contribution in [-0.2, 0) is 4.74 Å². The quantitative estimate of drug-likeness (QED) is 0.574. The van der Waals surface area contributed by atoms with Gasteiger partial charge in [-0.3, -0.25) is 0 Å². The van der Waals surface area contributed by atoms with Crippen LogP contribution in [0.1, 0.15) is 12.0 Å². The highest BCUT2D eigenvalue weighted by Crippen LogP contribution is 2.22. The van der Waals surface area contributed by atoms with Gasteiger partial charge in [-0.2, -0.15) is 0 Å². The lowest BCUT2D eigenvalue weighted by atomic mass is 10.1. The summed E-state index contributed by atoms with van der Waals surface area (Å²) in [5.74, 6) is 0.777. The Kier molecular flexibility index (Phi) is 5.72. The molecule has 3 N–H and O–H groups in total. The fourth-order valence-electron chi connectivity index (χ4n) is 1.45. The second-order valence-corrected chi connectivity index (χ2v) is 3.99. The molecule has 1 aromatic carbocycles. The number of anilines is 1. The smallest absolute Gasteiger partial charge is 0.120 e. The van der Waals surface area contributed by atoms with E-state index in [4.69, 9.17) is 27.4 Å². The van der Waals surface area contributed by atoms with E-state index < -0.39 is 0 Å². The lowest BCUT2D eigenvalue weighted by Crippen LogP contribution is -2.14. The molecule has 0 aliphatic carbocycles.